The lowest BCUT2D eigenvalue weighted by molar-refractivity contribution is -0.161. The first-order valence-corrected chi connectivity index (χ1v) is 29.3. The Bertz CT molecular complexity index is 1450. The zero-order valence-electron chi connectivity index (χ0n) is 44.5. The summed E-state index contributed by atoms with van der Waals surface area (Å²) in [6.45, 7) is 4.40. The molecule has 0 bridgehead atoms. The summed E-state index contributed by atoms with van der Waals surface area (Å²) in [7, 11) is -4.76. The maximum absolute atomic E-state index is 12.9. The fourth-order valence-corrected chi connectivity index (χ4v) is 8.21. The minimum atomic E-state index is -4.76. The summed E-state index contributed by atoms with van der Waals surface area (Å²) >= 11 is 0. The predicted octanol–water partition coefficient (Wildman–Crippen LogP) is 16.1. The van der Waals surface area contributed by atoms with E-state index in [4.69, 9.17) is 23.3 Å². The molecular formula is C58H101O11P. The lowest BCUT2D eigenvalue weighted by atomic mass is 10.0. The van der Waals surface area contributed by atoms with Gasteiger partial charge in [0.1, 0.15) is 12.7 Å². The van der Waals surface area contributed by atoms with E-state index in [1.165, 1.54) is 96.3 Å². The topological polar surface area (TPSA) is 155 Å². The largest absolute Gasteiger partial charge is 0.472 e. The van der Waals surface area contributed by atoms with Crippen LogP contribution >= 0.6 is 7.82 Å². The number of carbonyl (C=O) groups is 3. The number of aliphatic hydroxyl groups excluding tert-OH is 1. The molecule has 0 heterocycles. The molecule has 0 aliphatic heterocycles. The van der Waals surface area contributed by atoms with Crippen LogP contribution in [-0.4, -0.2) is 66.5 Å². The smallest absolute Gasteiger partial charge is 0.461 e. The Kier molecular flexibility index (Phi) is 50.0. The number of hydrogen-bond acceptors (Lipinski definition) is 10. The number of carbonyl (C=O) groups excluding carboxylic acids is 3. The lowest BCUT2D eigenvalue weighted by Gasteiger charge is -2.21. The van der Waals surface area contributed by atoms with Gasteiger partial charge in [0, 0.05) is 12.8 Å². The molecule has 0 aromatic rings. The molecule has 0 rings (SSSR count). The molecule has 0 amide bonds. The number of esters is 3. The first kappa shape index (κ1) is 66.9. The quantitative estimate of drug-likeness (QED) is 0.0197. The number of rotatable bonds is 51. The normalized spacial score (nSPS) is 14.0. The highest BCUT2D eigenvalue weighted by atomic mass is 31.2. The van der Waals surface area contributed by atoms with Crippen LogP contribution in [0.2, 0.25) is 0 Å². The van der Waals surface area contributed by atoms with E-state index in [2.05, 4.69) is 75.5 Å². The van der Waals surface area contributed by atoms with Crippen LogP contribution in [0.4, 0.5) is 0 Å². The molecule has 11 nitrogen and oxygen atoms in total. The zero-order valence-corrected chi connectivity index (χ0v) is 45.4. The van der Waals surface area contributed by atoms with E-state index in [9.17, 15) is 28.9 Å². The van der Waals surface area contributed by atoms with Crippen LogP contribution in [-0.2, 0) is 42.2 Å². The second-order valence-electron chi connectivity index (χ2n) is 18.4. The minimum Gasteiger partial charge on any atom is -0.461 e. The summed E-state index contributed by atoms with van der Waals surface area (Å²) in [6, 6.07) is 0. The molecule has 3 unspecified atom stereocenters. The highest BCUT2D eigenvalue weighted by Gasteiger charge is 2.28. The van der Waals surface area contributed by atoms with Crippen molar-refractivity contribution in [2.24, 2.45) is 0 Å². The van der Waals surface area contributed by atoms with Crippen molar-refractivity contribution in [3.8, 4) is 0 Å². The molecule has 0 aliphatic carbocycles. The van der Waals surface area contributed by atoms with Crippen molar-refractivity contribution in [3.63, 3.8) is 0 Å². The number of ether oxygens (including phenoxy) is 3. The van der Waals surface area contributed by atoms with Gasteiger partial charge in [0.15, 0.2) is 6.10 Å². The maximum Gasteiger partial charge on any atom is 0.472 e. The van der Waals surface area contributed by atoms with Gasteiger partial charge in [0.05, 0.1) is 26.2 Å². The van der Waals surface area contributed by atoms with Gasteiger partial charge in [-0.3, -0.25) is 23.4 Å². The molecule has 0 aliphatic rings. The van der Waals surface area contributed by atoms with Crippen LogP contribution in [0.1, 0.15) is 239 Å². The van der Waals surface area contributed by atoms with Crippen molar-refractivity contribution in [2.45, 2.75) is 251 Å². The Morgan fingerprint density at radius 2 is 0.786 bits per heavy atom. The molecule has 0 saturated heterocycles. The van der Waals surface area contributed by atoms with Crippen molar-refractivity contribution < 1.29 is 52.2 Å². The van der Waals surface area contributed by atoms with E-state index in [0.29, 0.717) is 19.3 Å². The van der Waals surface area contributed by atoms with Crippen molar-refractivity contribution in [2.75, 3.05) is 26.4 Å². The van der Waals surface area contributed by atoms with E-state index >= 15 is 0 Å². The molecule has 404 valence electrons. The number of phosphoric acid groups is 1. The van der Waals surface area contributed by atoms with E-state index in [1.807, 2.05) is 12.2 Å². The Morgan fingerprint density at radius 3 is 1.21 bits per heavy atom. The van der Waals surface area contributed by atoms with Gasteiger partial charge in [-0.05, 0) is 70.6 Å². The molecule has 0 saturated carbocycles. The minimum absolute atomic E-state index is 0.00574. The molecule has 0 aromatic carbocycles. The number of aliphatic hydroxyl groups is 1. The lowest BCUT2D eigenvalue weighted by Crippen LogP contribution is -2.30. The van der Waals surface area contributed by atoms with Gasteiger partial charge in [-0.15, -0.1) is 0 Å². The van der Waals surface area contributed by atoms with Crippen molar-refractivity contribution in [1.82, 2.24) is 0 Å². The van der Waals surface area contributed by atoms with Crippen LogP contribution in [0.5, 0.6) is 0 Å². The standard InChI is InChI=1S/C58H101O11P/c1-4-7-10-13-16-19-22-25-27-30-32-35-38-41-44-47-56(60)65-51-55(69-58(62)49-46-43-40-37-34-31-28-26-23-20-17-14-11-8-5-2)53-67-70(63,64)66-52-54(50-59)68-57(61)48-45-42-39-36-33-29-24-21-18-15-12-9-6-3/h7,10,16,19,21,24-25,27,32,35,41,44,54-55,59H,4-6,8-9,11-15,17-18,20,22-23,26,28-31,33-34,36-40,42-43,45-53H2,1-3H3,(H,63,64)/b10-7-,19-16-,24-21-,27-25-,35-32-,44-41-. The Balaban J connectivity index is 4.83. The van der Waals surface area contributed by atoms with Gasteiger partial charge in [-0.2, -0.15) is 0 Å². The second-order valence-corrected chi connectivity index (χ2v) is 19.8. The average Bonchev–Trinajstić information content (AvgIpc) is 3.35. The van der Waals surface area contributed by atoms with Gasteiger partial charge in [-0.25, -0.2) is 4.57 Å². The molecular weight excluding hydrogens is 904 g/mol. The van der Waals surface area contributed by atoms with Gasteiger partial charge in [-0.1, -0.05) is 222 Å². The maximum atomic E-state index is 12.9. The molecule has 0 fully saturated rings. The SMILES string of the molecule is CC/C=C\C/C=C\C/C=C\C/C=C\C/C=C\CC(=O)OCC(COP(=O)(O)OCC(CO)OC(=O)CCCCCCC/C=C\CCCCCC)OC(=O)CCCCCCCCCCCCCCCCC. The molecule has 3 atom stereocenters. The summed E-state index contributed by atoms with van der Waals surface area (Å²) < 4.78 is 39.3. The van der Waals surface area contributed by atoms with Crippen molar-refractivity contribution in [1.29, 1.82) is 0 Å². The molecule has 0 aromatic heterocycles. The van der Waals surface area contributed by atoms with E-state index in [0.717, 1.165) is 83.5 Å². The summed E-state index contributed by atoms with van der Waals surface area (Å²) in [5.74, 6) is -1.62. The zero-order chi connectivity index (χ0) is 51.3. The molecule has 0 radical (unpaired) electrons. The van der Waals surface area contributed by atoms with Gasteiger partial charge in [0.25, 0.3) is 0 Å². The second kappa shape index (κ2) is 52.2. The monoisotopic (exact) mass is 1000 g/mol. The highest BCUT2D eigenvalue weighted by molar-refractivity contribution is 7.47. The third-order valence-electron chi connectivity index (χ3n) is 11.6. The Morgan fingerprint density at radius 1 is 0.429 bits per heavy atom. The van der Waals surface area contributed by atoms with Crippen LogP contribution in [0.3, 0.4) is 0 Å². The van der Waals surface area contributed by atoms with Crippen LogP contribution in [0.25, 0.3) is 0 Å². The fraction of sp³-hybridized carbons (Fsp3) is 0.741. The van der Waals surface area contributed by atoms with Crippen LogP contribution in [0, 0.1) is 0 Å². The highest BCUT2D eigenvalue weighted by Crippen LogP contribution is 2.43. The van der Waals surface area contributed by atoms with E-state index in [-0.39, 0.29) is 25.9 Å². The number of phosphoric ester groups is 1. The molecule has 0 spiro atoms. The predicted molar refractivity (Wildman–Crippen MR) is 288 cm³/mol. The Labute approximate surface area is 427 Å². The summed E-state index contributed by atoms with van der Waals surface area (Å²) in [5, 5.41) is 9.79. The van der Waals surface area contributed by atoms with E-state index < -0.39 is 57.8 Å². The fourth-order valence-electron chi connectivity index (χ4n) is 7.42. The summed E-state index contributed by atoms with van der Waals surface area (Å²) in [5.41, 5.74) is 0. The van der Waals surface area contributed by atoms with Gasteiger partial charge >= 0.3 is 25.7 Å². The summed E-state index contributed by atoms with van der Waals surface area (Å²) in [6.07, 6.45) is 57.5. The average molecular weight is 1010 g/mol. The van der Waals surface area contributed by atoms with E-state index in [1.54, 1.807) is 6.08 Å². The Hall–Kier alpha value is -3.08. The molecule has 70 heavy (non-hydrogen) atoms. The van der Waals surface area contributed by atoms with Crippen molar-refractivity contribution in [3.05, 3.63) is 72.9 Å². The van der Waals surface area contributed by atoms with Crippen molar-refractivity contribution >= 4 is 25.7 Å². The number of hydrogen-bond donors (Lipinski definition) is 2. The third kappa shape index (κ3) is 49.9. The molecule has 2 N–H and O–H groups in total. The van der Waals surface area contributed by atoms with Crippen LogP contribution in [0.15, 0.2) is 72.9 Å². The van der Waals surface area contributed by atoms with Gasteiger partial charge < -0.3 is 24.2 Å². The first-order valence-electron chi connectivity index (χ1n) is 27.8. The summed E-state index contributed by atoms with van der Waals surface area (Å²) in [4.78, 5) is 48.4. The van der Waals surface area contributed by atoms with Gasteiger partial charge in [0.2, 0.25) is 0 Å². The van der Waals surface area contributed by atoms with Crippen LogP contribution < -0.4 is 0 Å². The number of unbranched alkanes of at least 4 members (excludes halogenated alkanes) is 23. The first-order chi connectivity index (χ1) is 34.2. The third-order valence-corrected chi connectivity index (χ3v) is 12.6. The number of allylic oxidation sites excluding steroid dienone is 11. The molecule has 12 heteroatoms.